The molecule has 0 saturated heterocycles. The molecule has 0 spiro atoms. The van der Waals surface area contributed by atoms with Crippen molar-refractivity contribution in [2.24, 2.45) is 0 Å². The number of nitrogens with one attached hydrogen (secondary N) is 1. The Hall–Kier alpha value is -2.04. The highest BCUT2D eigenvalue weighted by atomic mass is 15.3. The van der Waals surface area contributed by atoms with E-state index in [4.69, 9.17) is 0 Å². The Morgan fingerprint density at radius 2 is 2.28 bits per heavy atom. The fourth-order valence-corrected chi connectivity index (χ4v) is 1.73. The molecule has 18 heavy (non-hydrogen) atoms. The van der Waals surface area contributed by atoms with Gasteiger partial charge in [0.2, 0.25) is 5.95 Å². The molecule has 0 aliphatic rings. The summed E-state index contributed by atoms with van der Waals surface area (Å²) in [5.74, 6) is 1.60. The van der Waals surface area contributed by atoms with Gasteiger partial charge in [-0.25, -0.2) is 4.98 Å². The van der Waals surface area contributed by atoms with E-state index >= 15 is 0 Å². The summed E-state index contributed by atoms with van der Waals surface area (Å²) in [6.45, 7) is 10.6. The van der Waals surface area contributed by atoms with Crippen LogP contribution in [-0.2, 0) is 6.54 Å². The monoisotopic (exact) mass is 245 g/mol. The molecule has 0 radical (unpaired) electrons. The van der Waals surface area contributed by atoms with E-state index in [2.05, 4.69) is 35.8 Å². The van der Waals surface area contributed by atoms with Gasteiger partial charge in [0.1, 0.15) is 0 Å². The number of hydrogen-bond donors (Lipinski definition) is 1. The zero-order chi connectivity index (χ0) is 13.1. The van der Waals surface area contributed by atoms with Gasteiger partial charge in [-0.15, -0.1) is 6.58 Å². The Balaban J connectivity index is 2.19. The first-order chi connectivity index (χ1) is 8.60. The van der Waals surface area contributed by atoms with Gasteiger partial charge in [-0.3, -0.25) is 4.68 Å². The zero-order valence-electron chi connectivity index (χ0n) is 11.1. The van der Waals surface area contributed by atoms with Gasteiger partial charge in [-0.1, -0.05) is 6.08 Å². The second-order valence-electron chi connectivity index (χ2n) is 4.55. The van der Waals surface area contributed by atoms with Crippen LogP contribution in [0, 0.1) is 6.92 Å². The van der Waals surface area contributed by atoms with Crippen molar-refractivity contribution < 1.29 is 0 Å². The van der Waals surface area contributed by atoms with Gasteiger partial charge >= 0.3 is 0 Å². The van der Waals surface area contributed by atoms with Crippen LogP contribution in [0.2, 0.25) is 0 Å². The lowest BCUT2D eigenvalue weighted by atomic mass is 10.4. The van der Waals surface area contributed by atoms with Gasteiger partial charge < -0.3 is 9.88 Å². The molecule has 0 aliphatic heterocycles. The van der Waals surface area contributed by atoms with Crippen LogP contribution in [0.3, 0.4) is 0 Å². The third-order valence-electron chi connectivity index (χ3n) is 2.60. The summed E-state index contributed by atoms with van der Waals surface area (Å²) in [6.07, 6.45) is 5.79. The van der Waals surface area contributed by atoms with Crippen LogP contribution in [-0.4, -0.2) is 19.3 Å². The minimum absolute atomic E-state index is 0.357. The standard InChI is InChI=1S/C13H19N5/c1-5-7-17-9-11(4)14-13(17)15-12-6-8-18(16-12)10(2)3/h5-6,8-10H,1,7H2,2-4H3,(H,14,15,16). The maximum absolute atomic E-state index is 4.44. The van der Waals surface area contributed by atoms with Crippen molar-refractivity contribution in [3.05, 3.63) is 36.8 Å². The fraction of sp³-hybridized carbons (Fsp3) is 0.385. The Morgan fingerprint density at radius 1 is 1.50 bits per heavy atom. The first kappa shape index (κ1) is 12.4. The highest BCUT2D eigenvalue weighted by molar-refractivity contribution is 5.48. The second-order valence-corrected chi connectivity index (χ2v) is 4.55. The molecule has 0 unspecified atom stereocenters. The van der Waals surface area contributed by atoms with Gasteiger partial charge in [0.05, 0.1) is 5.69 Å². The largest absolute Gasteiger partial charge is 0.313 e. The molecule has 0 aliphatic carbocycles. The van der Waals surface area contributed by atoms with Crippen molar-refractivity contribution >= 4 is 11.8 Å². The average molecular weight is 245 g/mol. The number of aryl methyl sites for hydroxylation is 1. The molecular formula is C13H19N5. The Morgan fingerprint density at radius 3 is 2.89 bits per heavy atom. The molecule has 96 valence electrons. The van der Waals surface area contributed by atoms with Crippen LogP contribution in [0.5, 0.6) is 0 Å². The summed E-state index contributed by atoms with van der Waals surface area (Å²) < 4.78 is 3.92. The number of hydrogen-bond acceptors (Lipinski definition) is 3. The molecule has 0 saturated carbocycles. The van der Waals surface area contributed by atoms with Crippen LogP contribution >= 0.6 is 0 Å². The van der Waals surface area contributed by atoms with E-state index in [0.717, 1.165) is 24.0 Å². The molecule has 2 rings (SSSR count). The lowest BCUT2D eigenvalue weighted by Crippen LogP contribution is -2.04. The zero-order valence-corrected chi connectivity index (χ0v) is 11.1. The molecule has 5 heteroatoms. The SMILES string of the molecule is C=CCn1cc(C)nc1Nc1ccn(C(C)C)n1. The molecule has 0 fully saturated rings. The van der Waals surface area contributed by atoms with Crippen LogP contribution < -0.4 is 5.32 Å². The van der Waals surface area contributed by atoms with Crippen molar-refractivity contribution in [1.82, 2.24) is 19.3 Å². The highest BCUT2D eigenvalue weighted by Crippen LogP contribution is 2.16. The summed E-state index contributed by atoms with van der Waals surface area (Å²) in [5.41, 5.74) is 0.975. The summed E-state index contributed by atoms with van der Waals surface area (Å²) in [6, 6.07) is 2.30. The summed E-state index contributed by atoms with van der Waals surface area (Å²) in [4.78, 5) is 4.43. The average Bonchev–Trinajstić information content (AvgIpc) is 2.88. The van der Waals surface area contributed by atoms with Crippen molar-refractivity contribution in [2.75, 3.05) is 5.32 Å². The van der Waals surface area contributed by atoms with Crippen molar-refractivity contribution in [1.29, 1.82) is 0 Å². The smallest absolute Gasteiger partial charge is 0.209 e. The van der Waals surface area contributed by atoms with Gasteiger partial charge in [0, 0.05) is 31.0 Å². The van der Waals surface area contributed by atoms with Crippen molar-refractivity contribution in [2.45, 2.75) is 33.4 Å². The van der Waals surface area contributed by atoms with E-state index in [9.17, 15) is 0 Å². The first-order valence-corrected chi connectivity index (χ1v) is 6.07. The number of rotatable bonds is 5. The summed E-state index contributed by atoms with van der Waals surface area (Å²) in [5, 5.41) is 7.67. The number of anilines is 2. The fourth-order valence-electron chi connectivity index (χ4n) is 1.73. The predicted molar refractivity (Wildman–Crippen MR) is 73.1 cm³/mol. The normalized spacial score (nSPS) is 10.9. The summed E-state index contributed by atoms with van der Waals surface area (Å²) >= 11 is 0. The third-order valence-corrected chi connectivity index (χ3v) is 2.60. The molecular weight excluding hydrogens is 226 g/mol. The van der Waals surface area contributed by atoms with Crippen molar-refractivity contribution in [3.8, 4) is 0 Å². The maximum atomic E-state index is 4.44. The summed E-state index contributed by atoms with van der Waals surface area (Å²) in [7, 11) is 0. The van der Waals surface area contributed by atoms with E-state index < -0.39 is 0 Å². The van der Waals surface area contributed by atoms with Gasteiger partial charge in [0.15, 0.2) is 5.82 Å². The van der Waals surface area contributed by atoms with Gasteiger partial charge in [0.25, 0.3) is 0 Å². The maximum Gasteiger partial charge on any atom is 0.209 e. The molecule has 2 aromatic rings. The topological polar surface area (TPSA) is 47.7 Å². The number of allylic oxidation sites excluding steroid dienone is 1. The van der Waals surface area contributed by atoms with Crippen LogP contribution in [0.25, 0.3) is 0 Å². The van der Waals surface area contributed by atoms with Gasteiger partial charge in [-0.2, -0.15) is 5.10 Å². The van der Waals surface area contributed by atoms with Crippen LogP contribution in [0.15, 0.2) is 31.1 Å². The Bertz CT molecular complexity index is 535. The third kappa shape index (κ3) is 2.61. The highest BCUT2D eigenvalue weighted by Gasteiger charge is 2.07. The number of aromatic nitrogens is 4. The number of nitrogens with zero attached hydrogens (tertiary/aromatic N) is 4. The molecule has 5 nitrogen and oxygen atoms in total. The second kappa shape index (κ2) is 5.08. The lowest BCUT2D eigenvalue weighted by molar-refractivity contribution is 0.534. The molecule has 1 N–H and O–H groups in total. The minimum Gasteiger partial charge on any atom is -0.313 e. The first-order valence-electron chi connectivity index (χ1n) is 6.07. The Labute approximate surface area is 107 Å². The van der Waals surface area contributed by atoms with Gasteiger partial charge in [-0.05, 0) is 20.8 Å². The van der Waals surface area contributed by atoms with E-state index in [-0.39, 0.29) is 0 Å². The van der Waals surface area contributed by atoms with Crippen molar-refractivity contribution in [3.63, 3.8) is 0 Å². The van der Waals surface area contributed by atoms with E-state index in [1.165, 1.54) is 0 Å². The molecule has 0 bridgehead atoms. The molecule has 0 aromatic carbocycles. The molecule has 2 heterocycles. The minimum atomic E-state index is 0.357. The Kier molecular flexibility index (Phi) is 3.50. The molecule has 0 atom stereocenters. The predicted octanol–water partition coefficient (Wildman–Crippen LogP) is 2.90. The van der Waals surface area contributed by atoms with Crippen LogP contribution in [0.1, 0.15) is 25.6 Å². The van der Waals surface area contributed by atoms with E-state index in [1.54, 1.807) is 0 Å². The number of imidazole rings is 1. The van der Waals surface area contributed by atoms with E-state index in [1.807, 2.05) is 40.7 Å². The van der Waals surface area contributed by atoms with E-state index in [0.29, 0.717) is 6.04 Å². The quantitative estimate of drug-likeness (QED) is 0.824. The lowest BCUT2D eigenvalue weighted by Gasteiger charge is -2.06. The molecule has 2 aromatic heterocycles. The molecule has 0 amide bonds. The van der Waals surface area contributed by atoms with Crippen LogP contribution in [0.4, 0.5) is 11.8 Å².